The first-order chi connectivity index (χ1) is 8.26. The van der Waals surface area contributed by atoms with E-state index in [2.05, 4.69) is 0 Å². The highest BCUT2D eigenvalue weighted by molar-refractivity contribution is 5.26. The third-order valence-corrected chi connectivity index (χ3v) is 2.15. The molecule has 0 aliphatic rings. The van der Waals surface area contributed by atoms with Crippen molar-refractivity contribution in [1.82, 2.24) is 0 Å². The molecule has 92 valence electrons. The summed E-state index contributed by atoms with van der Waals surface area (Å²) in [6.07, 6.45) is 5.16. The molecule has 0 amide bonds. The molecular weight excluding hydrogens is 216 g/mol. The van der Waals surface area contributed by atoms with Crippen molar-refractivity contribution >= 4 is 0 Å². The molecule has 0 bridgehead atoms. The van der Waals surface area contributed by atoms with Crippen LogP contribution in [0.2, 0.25) is 0 Å². The van der Waals surface area contributed by atoms with Gasteiger partial charge in [0, 0.05) is 0 Å². The first-order valence-electron chi connectivity index (χ1n) is 5.37. The summed E-state index contributed by atoms with van der Waals surface area (Å²) in [5.41, 5.74) is 2.10. The Morgan fingerprint density at radius 3 is 2.47 bits per heavy atom. The van der Waals surface area contributed by atoms with Crippen molar-refractivity contribution in [1.29, 1.82) is 0 Å². The van der Waals surface area contributed by atoms with Gasteiger partial charge in [-0.1, -0.05) is 12.1 Å². The van der Waals surface area contributed by atoms with Gasteiger partial charge in [0.2, 0.25) is 0 Å². The third kappa shape index (κ3) is 5.11. The summed E-state index contributed by atoms with van der Waals surface area (Å²) in [6.45, 7) is 2.49. The summed E-state index contributed by atoms with van der Waals surface area (Å²) in [4.78, 5) is 0. The van der Waals surface area contributed by atoms with Crippen molar-refractivity contribution in [2.45, 2.75) is 13.5 Å². The van der Waals surface area contributed by atoms with Crippen LogP contribution in [-0.2, 0) is 16.1 Å². The van der Waals surface area contributed by atoms with Gasteiger partial charge in [-0.25, -0.2) is 0 Å². The zero-order valence-corrected chi connectivity index (χ0v) is 10.5. The van der Waals surface area contributed by atoms with Crippen LogP contribution in [0.15, 0.2) is 48.4 Å². The maximum absolute atomic E-state index is 5.44. The molecule has 1 aromatic carbocycles. The molecule has 0 spiro atoms. The molecule has 0 unspecified atom stereocenters. The van der Waals surface area contributed by atoms with Gasteiger partial charge in [-0.05, 0) is 36.3 Å². The van der Waals surface area contributed by atoms with E-state index in [1.165, 1.54) is 0 Å². The zero-order valence-electron chi connectivity index (χ0n) is 10.5. The molecular formula is C14H18O3. The summed E-state index contributed by atoms with van der Waals surface area (Å²) >= 11 is 0. The van der Waals surface area contributed by atoms with E-state index in [1.807, 2.05) is 37.3 Å². The second-order valence-corrected chi connectivity index (χ2v) is 3.56. The summed E-state index contributed by atoms with van der Waals surface area (Å²) in [5, 5.41) is 0. The summed E-state index contributed by atoms with van der Waals surface area (Å²) < 4.78 is 15.3. The summed E-state index contributed by atoms with van der Waals surface area (Å²) in [5.74, 6) is 0.850. The summed E-state index contributed by atoms with van der Waals surface area (Å²) in [7, 11) is 3.27. The molecule has 1 rings (SSSR count). The molecule has 0 aliphatic heterocycles. The number of ether oxygens (including phenoxy) is 3. The Morgan fingerprint density at radius 1 is 1.18 bits per heavy atom. The second-order valence-electron chi connectivity index (χ2n) is 3.56. The zero-order chi connectivity index (χ0) is 12.5. The number of benzene rings is 1. The predicted molar refractivity (Wildman–Crippen MR) is 67.7 cm³/mol. The summed E-state index contributed by atoms with van der Waals surface area (Å²) in [6, 6.07) is 7.79. The Morgan fingerprint density at radius 2 is 1.88 bits per heavy atom. The first-order valence-corrected chi connectivity index (χ1v) is 5.37. The minimum Gasteiger partial charge on any atom is -0.504 e. The monoisotopic (exact) mass is 234 g/mol. The highest BCUT2D eigenvalue weighted by Crippen LogP contribution is 2.12. The lowest BCUT2D eigenvalue weighted by Gasteiger charge is -2.03. The van der Waals surface area contributed by atoms with E-state index in [0.717, 1.165) is 16.9 Å². The molecule has 17 heavy (non-hydrogen) atoms. The van der Waals surface area contributed by atoms with Crippen LogP contribution < -0.4 is 4.74 Å². The van der Waals surface area contributed by atoms with E-state index >= 15 is 0 Å². The lowest BCUT2D eigenvalue weighted by molar-refractivity contribution is 0.234. The van der Waals surface area contributed by atoms with Gasteiger partial charge in [-0.15, -0.1) is 0 Å². The van der Waals surface area contributed by atoms with Crippen LogP contribution in [0, 0.1) is 0 Å². The van der Waals surface area contributed by atoms with Crippen molar-refractivity contribution in [2.75, 3.05) is 14.2 Å². The molecule has 0 heterocycles. The number of hydrogen-bond donors (Lipinski definition) is 0. The van der Waals surface area contributed by atoms with E-state index in [1.54, 1.807) is 26.7 Å². The fourth-order valence-corrected chi connectivity index (χ4v) is 1.21. The molecule has 0 atom stereocenters. The smallest absolute Gasteiger partial charge is 0.118 e. The lowest BCUT2D eigenvalue weighted by Crippen LogP contribution is -1.88. The highest BCUT2D eigenvalue weighted by atomic mass is 16.5. The van der Waals surface area contributed by atoms with Gasteiger partial charge >= 0.3 is 0 Å². The average molecular weight is 234 g/mol. The van der Waals surface area contributed by atoms with Crippen molar-refractivity contribution in [2.24, 2.45) is 0 Å². The van der Waals surface area contributed by atoms with Crippen LogP contribution in [0.3, 0.4) is 0 Å². The highest BCUT2D eigenvalue weighted by Gasteiger charge is 1.93. The third-order valence-electron chi connectivity index (χ3n) is 2.15. The number of rotatable bonds is 6. The molecule has 3 heteroatoms. The number of methoxy groups -OCH3 is 2. The van der Waals surface area contributed by atoms with Crippen LogP contribution in [-0.4, -0.2) is 14.2 Å². The van der Waals surface area contributed by atoms with Crippen molar-refractivity contribution in [3.8, 4) is 5.75 Å². The van der Waals surface area contributed by atoms with E-state index in [4.69, 9.17) is 14.2 Å². The van der Waals surface area contributed by atoms with E-state index in [-0.39, 0.29) is 0 Å². The van der Waals surface area contributed by atoms with Crippen LogP contribution in [0.4, 0.5) is 0 Å². The van der Waals surface area contributed by atoms with Gasteiger partial charge in [0.25, 0.3) is 0 Å². The van der Waals surface area contributed by atoms with Gasteiger partial charge in [0.1, 0.15) is 12.4 Å². The minimum absolute atomic E-state index is 0.544. The van der Waals surface area contributed by atoms with Crippen molar-refractivity contribution in [3.63, 3.8) is 0 Å². The number of allylic oxidation sites excluding steroid dienone is 2. The standard InChI is InChI=1S/C14H18O3/c1-12(8-9-15-2)10-17-11-13-4-6-14(16-3)7-5-13/h4-10H,11H2,1-3H3/b9-8+,12-10-. The molecule has 0 saturated carbocycles. The normalized spacial score (nSPS) is 11.6. The Bertz CT molecular complexity index is 377. The minimum atomic E-state index is 0.544. The fraction of sp³-hybridized carbons (Fsp3) is 0.286. The van der Waals surface area contributed by atoms with Crippen LogP contribution in [0.1, 0.15) is 12.5 Å². The van der Waals surface area contributed by atoms with Gasteiger partial charge in [-0.2, -0.15) is 0 Å². The Hall–Kier alpha value is -1.90. The molecule has 0 N–H and O–H groups in total. The quantitative estimate of drug-likeness (QED) is 0.558. The molecule has 3 nitrogen and oxygen atoms in total. The molecule has 0 aliphatic carbocycles. The molecule has 0 saturated heterocycles. The number of hydrogen-bond acceptors (Lipinski definition) is 3. The fourth-order valence-electron chi connectivity index (χ4n) is 1.21. The van der Waals surface area contributed by atoms with E-state index < -0.39 is 0 Å². The van der Waals surface area contributed by atoms with Crippen LogP contribution in [0.5, 0.6) is 5.75 Å². The average Bonchev–Trinajstić information content (AvgIpc) is 2.37. The van der Waals surface area contributed by atoms with Gasteiger partial charge in [-0.3, -0.25) is 0 Å². The molecule has 0 radical (unpaired) electrons. The van der Waals surface area contributed by atoms with Gasteiger partial charge in [0.05, 0.1) is 26.7 Å². The van der Waals surface area contributed by atoms with Crippen LogP contribution in [0.25, 0.3) is 0 Å². The van der Waals surface area contributed by atoms with E-state index in [0.29, 0.717) is 6.61 Å². The Labute approximate surface area is 102 Å². The van der Waals surface area contributed by atoms with Gasteiger partial charge < -0.3 is 14.2 Å². The molecule has 0 aromatic heterocycles. The Balaban J connectivity index is 2.42. The molecule has 0 fully saturated rings. The maximum Gasteiger partial charge on any atom is 0.118 e. The largest absolute Gasteiger partial charge is 0.504 e. The second kappa shape index (κ2) is 7.39. The maximum atomic E-state index is 5.44. The van der Waals surface area contributed by atoms with Crippen molar-refractivity contribution < 1.29 is 14.2 Å². The van der Waals surface area contributed by atoms with Crippen molar-refractivity contribution in [3.05, 3.63) is 54.0 Å². The predicted octanol–water partition coefficient (Wildman–Crippen LogP) is 3.28. The SMILES string of the molecule is CO/C=C/C(C)=C\OCc1ccc(OC)cc1. The lowest BCUT2D eigenvalue weighted by atomic mass is 10.2. The van der Waals surface area contributed by atoms with Crippen LogP contribution >= 0.6 is 0 Å². The topological polar surface area (TPSA) is 27.7 Å². The van der Waals surface area contributed by atoms with Gasteiger partial charge in [0.15, 0.2) is 0 Å². The molecule has 1 aromatic rings. The van der Waals surface area contributed by atoms with E-state index in [9.17, 15) is 0 Å². The Kier molecular flexibility index (Phi) is 5.72. The first kappa shape index (κ1) is 13.2.